The van der Waals surface area contributed by atoms with Crippen molar-refractivity contribution in [1.82, 2.24) is 9.88 Å². The standard InChI is InChI=1S/C11H12N2O4/c14-8-5-9(11(16)17)13(6-8)10(15)7-1-3-12-4-2-7/h1-4,8-9,14H,5-6H2,(H,16,17). The van der Waals surface area contributed by atoms with Crippen molar-refractivity contribution >= 4 is 11.9 Å². The first-order chi connectivity index (χ1) is 8.09. The average molecular weight is 236 g/mol. The molecule has 1 aliphatic rings. The SMILES string of the molecule is O=C(O)C1CC(O)CN1C(=O)c1ccncc1. The van der Waals surface area contributed by atoms with Crippen LogP contribution in [0.5, 0.6) is 0 Å². The second-order valence-corrected chi connectivity index (χ2v) is 3.94. The molecule has 1 fully saturated rings. The molecule has 6 heteroatoms. The van der Waals surface area contributed by atoms with E-state index in [2.05, 4.69) is 4.98 Å². The number of pyridine rings is 1. The van der Waals surface area contributed by atoms with Crippen LogP contribution in [0.25, 0.3) is 0 Å². The molecule has 2 unspecified atom stereocenters. The molecular formula is C11H12N2O4. The van der Waals surface area contributed by atoms with Gasteiger partial charge in [0.25, 0.3) is 5.91 Å². The Morgan fingerprint density at radius 3 is 2.59 bits per heavy atom. The van der Waals surface area contributed by atoms with Crippen LogP contribution in [0.15, 0.2) is 24.5 Å². The van der Waals surface area contributed by atoms with Gasteiger partial charge in [-0.1, -0.05) is 0 Å². The van der Waals surface area contributed by atoms with Crippen molar-refractivity contribution in [3.63, 3.8) is 0 Å². The molecule has 0 aromatic carbocycles. The Morgan fingerprint density at radius 2 is 2.00 bits per heavy atom. The maximum atomic E-state index is 12.0. The van der Waals surface area contributed by atoms with Crippen LogP contribution >= 0.6 is 0 Å². The minimum Gasteiger partial charge on any atom is -0.480 e. The van der Waals surface area contributed by atoms with Crippen LogP contribution in [-0.2, 0) is 4.79 Å². The van der Waals surface area contributed by atoms with Gasteiger partial charge in [-0.05, 0) is 12.1 Å². The molecule has 0 radical (unpaired) electrons. The van der Waals surface area contributed by atoms with E-state index in [-0.39, 0.29) is 13.0 Å². The van der Waals surface area contributed by atoms with Crippen molar-refractivity contribution < 1.29 is 19.8 Å². The second-order valence-electron chi connectivity index (χ2n) is 3.94. The Bertz CT molecular complexity index is 434. The zero-order chi connectivity index (χ0) is 12.4. The number of carboxylic acids is 1. The maximum absolute atomic E-state index is 12.0. The van der Waals surface area contributed by atoms with E-state index in [1.54, 1.807) is 0 Å². The summed E-state index contributed by atoms with van der Waals surface area (Å²) in [5.74, 6) is -1.49. The largest absolute Gasteiger partial charge is 0.480 e. The molecule has 1 aromatic rings. The highest BCUT2D eigenvalue weighted by Gasteiger charge is 2.39. The van der Waals surface area contributed by atoms with Gasteiger partial charge in [-0.3, -0.25) is 9.78 Å². The highest BCUT2D eigenvalue weighted by molar-refractivity contribution is 5.96. The lowest BCUT2D eigenvalue weighted by atomic mass is 10.2. The molecule has 17 heavy (non-hydrogen) atoms. The van der Waals surface area contributed by atoms with Gasteiger partial charge in [-0.2, -0.15) is 0 Å². The highest BCUT2D eigenvalue weighted by Crippen LogP contribution is 2.20. The molecule has 90 valence electrons. The van der Waals surface area contributed by atoms with Gasteiger partial charge < -0.3 is 15.1 Å². The number of aliphatic hydroxyl groups excluding tert-OH is 1. The van der Waals surface area contributed by atoms with Gasteiger partial charge in [-0.15, -0.1) is 0 Å². The molecule has 0 bridgehead atoms. The third-order valence-corrected chi connectivity index (χ3v) is 2.75. The van der Waals surface area contributed by atoms with Gasteiger partial charge in [-0.25, -0.2) is 4.79 Å². The van der Waals surface area contributed by atoms with Crippen molar-refractivity contribution in [1.29, 1.82) is 0 Å². The fourth-order valence-electron chi connectivity index (χ4n) is 1.93. The number of carbonyl (C=O) groups excluding carboxylic acids is 1. The molecule has 1 saturated heterocycles. The molecule has 2 rings (SSSR count). The molecule has 0 saturated carbocycles. The number of aliphatic carboxylic acids is 1. The lowest BCUT2D eigenvalue weighted by Crippen LogP contribution is -2.40. The predicted molar refractivity (Wildman–Crippen MR) is 57.3 cm³/mol. The van der Waals surface area contributed by atoms with Crippen LogP contribution in [0, 0.1) is 0 Å². The first-order valence-electron chi connectivity index (χ1n) is 5.21. The average Bonchev–Trinajstić information content (AvgIpc) is 2.72. The van der Waals surface area contributed by atoms with Gasteiger partial charge >= 0.3 is 5.97 Å². The van der Waals surface area contributed by atoms with E-state index in [0.29, 0.717) is 5.56 Å². The fraction of sp³-hybridized carbons (Fsp3) is 0.364. The van der Waals surface area contributed by atoms with Crippen LogP contribution < -0.4 is 0 Å². The molecule has 2 N–H and O–H groups in total. The summed E-state index contributed by atoms with van der Waals surface area (Å²) in [6, 6.07) is 2.09. The number of aromatic nitrogens is 1. The predicted octanol–water partition coefficient (Wildman–Crippen LogP) is -0.258. The van der Waals surface area contributed by atoms with Gasteiger partial charge in [0, 0.05) is 30.9 Å². The Hall–Kier alpha value is -1.95. The van der Waals surface area contributed by atoms with Crippen molar-refractivity contribution in [2.75, 3.05) is 6.54 Å². The van der Waals surface area contributed by atoms with Crippen LogP contribution in [0.3, 0.4) is 0 Å². The number of hydrogen-bond acceptors (Lipinski definition) is 4. The molecule has 2 atom stereocenters. The van der Waals surface area contributed by atoms with Crippen molar-refractivity contribution in [3.8, 4) is 0 Å². The number of β-amino-alcohol motifs (C(OH)–C–C–N with tert-alkyl or cyclic N) is 1. The molecule has 0 aliphatic carbocycles. The molecule has 6 nitrogen and oxygen atoms in total. The Morgan fingerprint density at radius 1 is 1.35 bits per heavy atom. The third kappa shape index (κ3) is 2.26. The molecule has 1 amide bonds. The third-order valence-electron chi connectivity index (χ3n) is 2.75. The number of carbonyl (C=O) groups is 2. The summed E-state index contributed by atoms with van der Waals surface area (Å²) >= 11 is 0. The summed E-state index contributed by atoms with van der Waals surface area (Å²) in [5.41, 5.74) is 0.375. The van der Waals surface area contributed by atoms with Gasteiger partial charge in [0.15, 0.2) is 0 Å². The summed E-state index contributed by atoms with van der Waals surface area (Å²) in [5, 5.41) is 18.4. The number of rotatable bonds is 2. The molecular weight excluding hydrogens is 224 g/mol. The lowest BCUT2D eigenvalue weighted by molar-refractivity contribution is -0.141. The monoisotopic (exact) mass is 236 g/mol. The first-order valence-corrected chi connectivity index (χ1v) is 5.21. The minimum absolute atomic E-state index is 0.0537. The first kappa shape index (κ1) is 11.5. The van der Waals surface area contributed by atoms with Gasteiger partial charge in [0.05, 0.1) is 6.10 Å². The van der Waals surface area contributed by atoms with Gasteiger partial charge in [0.1, 0.15) is 6.04 Å². The zero-order valence-corrected chi connectivity index (χ0v) is 8.98. The van der Waals surface area contributed by atoms with E-state index >= 15 is 0 Å². The van der Waals surface area contributed by atoms with E-state index in [9.17, 15) is 14.7 Å². The summed E-state index contributed by atoms with van der Waals surface area (Å²) in [6.45, 7) is 0.0537. The van der Waals surface area contributed by atoms with E-state index in [0.717, 1.165) is 0 Å². The molecule has 2 heterocycles. The van der Waals surface area contributed by atoms with Crippen molar-refractivity contribution in [3.05, 3.63) is 30.1 Å². The number of likely N-dealkylation sites (tertiary alicyclic amines) is 1. The van der Waals surface area contributed by atoms with Crippen molar-refractivity contribution in [2.24, 2.45) is 0 Å². The van der Waals surface area contributed by atoms with Gasteiger partial charge in [0.2, 0.25) is 0 Å². The number of carboxylic acid groups (broad SMARTS) is 1. The zero-order valence-electron chi connectivity index (χ0n) is 8.98. The Labute approximate surface area is 97.5 Å². The van der Waals surface area contributed by atoms with E-state index in [1.807, 2.05) is 0 Å². The van der Waals surface area contributed by atoms with Crippen molar-refractivity contribution in [2.45, 2.75) is 18.6 Å². The van der Waals surface area contributed by atoms with Crippen LogP contribution in [0.2, 0.25) is 0 Å². The highest BCUT2D eigenvalue weighted by atomic mass is 16.4. The topological polar surface area (TPSA) is 90.7 Å². The summed E-state index contributed by atoms with van der Waals surface area (Å²) in [6.07, 6.45) is 2.24. The summed E-state index contributed by atoms with van der Waals surface area (Å²) in [4.78, 5) is 28.0. The van der Waals surface area contributed by atoms with E-state index in [4.69, 9.17) is 5.11 Å². The lowest BCUT2D eigenvalue weighted by Gasteiger charge is -2.20. The van der Waals surface area contributed by atoms with E-state index < -0.39 is 24.0 Å². The maximum Gasteiger partial charge on any atom is 0.326 e. The summed E-state index contributed by atoms with van der Waals surface area (Å²) in [7, 11) is 0. The summed E-state index contributed by atoms with van der Waals surface area (Å²) < 4.78 is 0. The smallest absolute Gasteiger partial charge is 0.326 e. The minimum atomic E-state index is -1.09. The normalized spacial score (nSPS) is 23.7. The number of amides is 1. The van der Waals surface area contributed by atoms with Crippen LogP contribution in [0.4, 0.5) is 0 Å². The van der Waals surface area contributed by atoms with Crippen LogP contribution in [0.1, 0.15) is 16.8 Å². The molecule has 1 aromatic heterocycles. The molecule has 1 aliphatic heterocycles. The Balaban J connectivity index is 2.22. The number of nitrogens with zero attached hydrogens (tertiary/aromatic N) is 2. The fourth-order valence-corrected chi connectivity index (χ4v) is 1.93. The number of hydrogen-bond donors (Lipinski definition) is 2. The number of aliphatic hydroxyl groups is 1. The second kappa shape index (κ2) is 4.50. The van der Waals surface area contributed by atoms with E-state index in [1.165, 1.54) is 29.4 Å². The molecule has 0 spiro atoms. The van der Waals surface area contributed by atoms with Crippen LogP contribution in [-0.4, -0.2) is 50.7 Å². The quantitative estimate of drug-likeness (QED) is 0.738. The Kier molecular flexibility index (Phi) is 3.06.